The van der Waals surface area contributed by atoms with Crippen molar-refractivity contribution in [3.63, 3.8) is 0 Å². The van der Waals surface area contributed by atoms with Crippen molar-refractivity contribution in [3.8, 4) is 5.75 Å². The summed E-state index contributed by atoms with van der Waals surface area (Å²) in [4.78, 5) is 2.53. The number of likely N-dealkylation sites (tertiary alicyclic amines) is 1. The van der Waals surface area contributed by atoms with Crippen LogP contribution in [0.5, 0.6) is 5.75 Å². The molecule has 0 amide bonds. The van der Waals surface area contributed by atoms with E-state index in [1.807, 2.05) is 12.1 Å². The summed E-state index contributed by atoms with van der Waals surface area (Å²) in [6, 6.07) is 5.47. The van der Waals surface area contributed by atoms with Crippen LogP contribution in [0.2, 0.25) is 5.02 Å². The molecule has 3 nitrogen and oxygen atoms in total. The van der Waals surface area contributed by atoms with Crippen LogP contribution >= 0.6 is 11.6 Å². The number of rotatable bonds is 6. The van der Waals surface area contributed by atoms with Gasteiger partial charge in [-0.25, -0.2) is 0 Å². The molecule has 106 valence electrons. The van der Waals surface area contributed by atoms with Crippen LogP contribution in [0.15, 0.2) is 18.2 Å². The van der Waals surface area contributed by atoms with E-state index in [-0.39, 0.29) is 5.75 Å². The fraction of sp³-hybridized carbons (Fsp3) is 0.600. The van der Waals surface area contributed by atoms with E-state index in [0.717, 1.165) is 18.7 Å². The van der Waals surface area contributed by atoms with Gasteiger partial charge in [0.05, 0.1) is 5.02 Å². The first-order valence-electron chi connectivity index (χ1n) is 7.06. The molecule has 1 aromatic rings. The maximum atomic E-state index is 9.81. The minimum Gasteiger partial charge on any atom is -0.506 e. The molecule has 1 aromatic carbocycles. The number of hydrogen-bond acceptors (Lipinski definition) is 3. The first-order valence-corrected chi connectivity index (χ1v) is 7.44. The summed E-state index contributed by atoms with van der Waals surface area (Å²) in [7, 11) is 0. The standard InChI is InChI=1S/C15H23ClN2O/c1-12(11-18-7-2-3-8-18)9-17-10-13-5-4-6-14(16)15(13)19/h4-6,12,17,19H,2-3,7-11H2,1H3. The summed E-state index contributed by atoms with van der Waals surface area (Å²) in [5.74, 6) is 0.822. The highest BCUT2D eigenvalue weighted by molar-refractivity contribution is 6.32. The number of hydrogen-bond donors (Lipinski definition) is 2. The van der Waals surface area contributed by atoms with Gasteiger partial charge in [0, 0.05) is 18.7 Å². The van der Waals surface area contributed by atoms with Gasteiger partial charge in [-0.3, -0.25) is 0 Å². The number of nitrogens with zero attached hydrogens (tertiary/aromatic N) is 1. The second-order valence-corrected chi connectivity index (χ2v) is 5.90. The van der Waals surface area contributed by atoms with Crippen LogP contribution in [0, 0.1) is 5.92 Å². The molecule has 4 heteroatoms. The number of aromatic hydroxyl groups is 1. The van der Waals surface area contributed by atoms with E-state index >= 15 is 0 Å². The number of halogens is 1. The summed E-state index contributed by atoms with van der Waals surface area (Å²) >= 11 is 5.88. The van der Waals surface area contributed by atoms with Crippen LogP contribution in [0.1, 0.15) is 25.3 Å². The van der Waals surface area contributed by atoms with Crippen molar-refractivity contribution in [1.82, 2.24) is 10.2 Å². The molecule has 19 heavy (non-hydrogen) atoms. The predicted molar refractivity (Wildman–Crippen MR) is 79.7 cm³/mol. The Kier molecular flexibility index (Phi) is 5.49. The SMILES string of the molecule is CC(CNCc1cccc(Cl)c1O)CN1CCCC1. The molecule has 0 aromatic heterocycles. The van der Waals surface area contributed by atoms with E-state index in [1.54, 1.807) is 6.07 Å². The Balaban J connectivity index is 1.72. The van der Waals surface area contributed by atoms with E-state index in [9.17, 15) is 5.11 Å². The Morgan fingerprint density at radius 2 is 2.11 bits per heavy atom. The third kappa shape index (κ3) is 4.37. The normalized spacial score (nSPS) is 17.8. The average Bonchev–Trinajstić information content (AvgIpc) is 2.87. The molecule has 1 heterocycles. The van der Waals surface area contributed by atoms with E-state index in [2.05, 4.69) is 17.1 Å². The van der Waals surface area contributed by atoms with Gasteiger partial charge in [-0.05, 0) is 44.5 Å². The van der Waals surface area contributed by atoms with E-state index in [0.29, 0.717) is 17.5 Å². The maximum Gasteiger partial charge on any atom is 0.138 e. The van der Waals surface area contributed by atoms with Crippen molar-refractivity contribution in [3.05, 3.63) is 28.8 Å². The van der Waals surface area contributed by atoms with Gasteiger partial charge in [0.1, 0.15) is 5.75 Å². The first-order chi connectivity index (χ1) is 9.16. The minimum atomic E-state index is 0.198. The molecular weight excluding hydrogens is 260 g/mol. The molecule has 0 aliphatic carbocycles. The zero-order valence-corrected chi connectivity index (χ0v) is 12.3. The Morgan fingerprint density at radius 3 is 2.84 bits per heavy atom. The molecule has 1 aliphatic heterocycles. The molecule has 2 rings (SSSR count). The third-order valence-electron chi connectivity index (χ3n) is 3.65. The van der Waals surface area contributed by atoms with Crippen molar-refractivity contribution in [2.45, 2.75) is 26.3 Å². The average molecular weight is 283 g/mol. The van der Waals surface area contributed by atoms with Crippen LogP contribution in [-0.4, -0.2) is 36.2 Å². The third-order valence-corrected chi connectivity index (χ3v) is 3.95. The Labute approximate surface area is 120 Å². The monoisotopic (exact) mass is 282 g/mol. The minimum absolute atomic E-state index is 0.198. The van der Waals surface area contributed by atoms with E-state index in [4.69, 9.17) is 11.6 Å². The van der Waals surface area contributed by atoms with Gasteiger partial charge in [0.15, 0.2) is 0 Å². The Morgan fingerprint density at radius 1 is 1.37 bits per heavy atom. The highest BCUT2D eigenvalue weighted by Crippen LogP contribution is 2.26. The van der Waals surface area contributed by atoms with Gasteiger partial charge in [-0.1, -0.05) is 30.7 Å². The lowest BCUT2D eigenvalue weighted by Gasteiger charge is -2.20. The lowest BCUT2D eigenvalue weighted by Crippen LogP contribution is -2.31. The van der Waals surface area contributed by atoms with Gasteiger partial charge < -0.3 is 15.3 Å². The summed E-state index contributed by atoms with van der Waals surface area (Å²) in [6.07, 6.45) is 2.69. The fourth-order valence-electron chi connectivity index (χ4n) is 2.63. The zero-order valence-electron chi connectivity index (χ0n) is 11.5. The summed E-state index contributed by atoms with van der Waals surface area (Å²) in [5, 5.41) is 13.6. The second kappa shape index (κ2) is 7.13. The van der Waals surface area contributed by atoms with E-state index in [1.165, 1.54) is 25.9 Å². The molecule has 2 N–H and O–H groups in total. The Bertz CT molecular complexity index is 405. The molecule has 1 atom stereocenters. The molecule has 0 radical (unpaired) electrons. The van der Waals surface area contributed by atoms with Crippen LogP contribution in [0.4, 0.5) is 0 Å². The number of benzene rings is 1. The second-order valence-electron chi connectivity index (χ2n) is 5.49. The topological polar surface area (TPSA) is 35.5 Å². The molecular formula is C15H23ClN2O. The van der Waals surface area contributed by atoms with Crippen molar-refractivity contribution in [2.75, 3.05) is 26.2 Å². The van der Waals surface area contributed by atoms with Crippen LogP contribution in [-0.2, 0) is 6.54 Å². The molecule has 1 unspecified atom stereocenters. The fourth-order valence-corrected chi connectivity index (χ4v) is 2.82. The van der Waals surface area contributed by atoms with Crippen LogP contribution in [0.25, 0.3) is 0 Å². The number of phenolic OH excluding ortho intramolecular Hbond substituents is 1. The molecule has 1 aliphatic rings. The summed E-state index contributed by atoms with van der Waals surface area (Å²) in [5.41, 5.74) is 0.862. The first kappa shape index (κ1) is 14.6. The van der Waals surface area contributed by atoms with Crippen LogP contribution in [0.3, 0.4) is 0 Å². The maximum absolute atomic E-state index is 9.81. The van der Waals surface area contributed by atoms with Crippen molar-refractivity contribution in [2.24, 2.45) is 5.92 Å². The van der Waals surface area contributed by atoms with Crippen molar-refractivity contribution in [1.29, 1.82) is 0 Å². The number of para-hydroxylation sites is 1. The molecule has 1 saturated heterocycles. The number of nitrogens with one attached hydrogen (secondary N) is 1. The van der Waals surface area contributed by atoms with E-state index < -0.39 is 0 Å². The highest BCUT2D eigenvalue weighted by atomic mass is 35.5. The molecule has 0 bridgehead atoms. The number of phenols is 1. The smallest absolute Gasteiger partial charge is 0.138 e. The predicted octanol–water partition coefficient (Wildman–Crippen LogP) is 2.87. The molecule has 1 fully saturated rings. The van der Waals surface area contributed by atoms with Gasteiger partial charge in [-0.15, -0.1) is 0 Å². The highest BCUT2D eigenvalue weighted by Gasteiger charge is 2.14. The Hall–Kier alpha value is -0.770. The van der Waals surface area contributed by atoms with Crippen LogP contribution < -0.4 is 5.32 Å². The van der Waals surface area contributed by atoms with Gasteiger partial charge >= 0.3 is 0 Å². The summed E-state index contributed by atoms with van der Waals surface area (Å²) in [6.45, 7) is 7.55. The van der Waals surface area contributed by atoms with Gasteiger partial charge in [0.25, 0.3) is 0 Å². The lowest BCUT2D eigenvalue weighted by molar-refractivity contribution is 0.282. The molecule has 0 saturated carbocycles. The summed E-state index contributed by atoms with van der Waals surface area (Å²) < 4.78 is 0. The van der Waals surface area contributed by atoms with Gasteiger partial charge in [-0.2, -0.15) is 0 Å². The van der Waals surface area contributed by atoms with Gasteiger partial charge in [0.2, 0.25) is 0 Å². The van der Waals surface area contributed by atoms with Crippen molar-refractivity contribution >= 4 is 11.6 Å². The largest absolute Gasteiger partial charge is 0.506 e. The quantitative estimate of drug-likeness (QED) is 0.842. The lowest BCUT2D eigenvalue weighted by atomic mass is 10.1. The molecule has 0 spiro atoms. The zero-order chi connectivity index (χ0) is 13.7. The van der Waals surface area contributed by atoms with Crippen molar-refractivity contribution < 1.29 is 5.11 Å².